The fourth-order valence-corrected chi connectivity index (χ4v) is 1.85. The molecule has 0 fully saturated rings. The van der Waals surface area contributed by atoms with Crippen molar-refractivity contribution >= 4 is 5.97 Å². The van der Waals surface area contributed by atoms with E-state index >= 15 is 0 Å². The quantitative estimate of drug-likeness (QED) is 0.900. The summed E-state index contributed by atoms with van der Waals surface area (Å²) >= 11 is 0. The Balaban J connectivity index is 2.60. The summed E-state index contributed by atoms with van der Waals surface area (Å²) in [5.41, 5.74) is 2.65. The zero-order valence-electron chi connectivity index (χ0n) is 10.5. The molecule has 0 radical (unpaired) electrons. The lowest BCUT2D eigenvalue weighted by molar-refractivity contribution is 0.0689. The molecule has 1 heterocycles. The third-order valence-corrected chi connectivity index (χ3v) is 2.73. The van der Waals surface area contributed by atoms with Gasteiger partial charge in [0, 0.05) is 12.6 Å². The maximum Gasteiger partial charge on any atom is 0.356 e. The van der Waals surface area contributed by atoms with E-state index in [-0.39, 0.29) is 5.69 Å². The molecule has 2 aromatic rings. The van der Waals surface area contributed by atoms with Gasteiger partial charge in [-0.15, -0.1) is 0 Å². The van der Waals surface area contributed by atoms with Gasteiger partial charge in [0.25, 0.3) is 0 Å². The molecule has 0 atom stereocenters. The average molecular weight is 246 g/mol. The molecule has 0 spiro atoms. The highest BCUT2D eigenvalue weighted by molar-refractivity contribution is 5.87. The third-order valence-electron chi connectivity index (χ3n) is 2.73. The number of carboxylic acids is 1. The van der Waals surface area contributed by atoms with Crippen LogP contribution in [0.2, 0.25) is 0 Å². The van der Waals surface area contributed by atoms with Gasteiger partial charge in [-0.1, -0.05) is 11.6 Å². The molecule has 0 saturated heterocycles. The first-order valence-corrected chi connectivity index (χ1v) is 5.45. The van der Waals surface area contributed by atoms with Crippen molar-refractivity contribution < 1.29 is 14.6 Å². The van der Waals surface area contributed by atoms with Gasteiger partial charge in [0.2, 0.25) is 0 Å². The van der Waals surface area contributed by atoms with Crippen LogP contribution in [0.5, 0.6) is 5.75 Å². The van der Waals surface area contributed by atoms with E-state index in [9.17, 15) is 4.79 Å². The molecule has 0 amide bonds. The number of hydrogen-bond donors (Lipinski definition) is 1. The Morgan fingerprint density at radius 3 is 2.67 bits per heavy atom. The number of aromatic nitrogens is 2. The predicted octanol–water partition coefficient (Wildman–Crippen LogP) is 2.10. The maximum atomic E-state index is 10.9. The molecule has 1 aromatic carbocycles. The van der Waals surface area contributed by atoms with Gasteiger partial charge in [0.15, 0.2) is 5.69 Å². The van der Waals surface area contributed by atoms with Crippen molar-refractivity contribution in [2.75, 3.05) is 7.11 Å². The van der Waals surface area contributed by atoms with Crippen LogP contribution in [0.4, 0.5) is 0 Å². The minimum absolute atomic E-state index is 0.0241. The summed E-state index contributed by atoms with van der Waals surface area (Å²) in [5.74, 6) is -0.344. The topological polar surface area (TPSA) is 64.3 Å². The summed E-state index contributed by atoms with van der Waals surface area (Å²) in [6, 6.07) is 7.29. The van der Waals surface area contributed by atoms with Gasteiger partial charge in [-0.2, -0.15) is 5.10 Å². The fraction of sp³-hybridized carbons (Fsp3) is 0.231. The van der Waals surface area contributed by atoms with Crippen molar-refractivity contribution in [3.63, 3.8) is 0 Å². The number of carbonyl (C=O) groups is 1. The van der Waals surface area contributed by atoms with Crippen molar-refractivity contribution in [3.05, 3.63) is 35.5 Å². The molecule has 0 unspecified atom stereocenters. The lowest BCUT2D eigenvalue weighted by Gasteiger charge is -2.09. The summed E-state index contributed by atoms with van der Waals surface area (Å²) in [7, 11) is 3.30. The fourth-order valence-electron chi connectivity index (χ4n) is 1.85. The molecule has 94 valence electrons. The second kappa shape index (κ2) is 4.52. The third kappa shape index (κ3) is 2.07. The van der Waals surface area contributed by atoms with Crippen molar-refractivity contribution in [3.8, 4) is 17.0 Å². The van der Waals surface area contributed by atoms with Gasteiger partial charge in [-0.05, 0) is 25.1 Å². The number of carboxylic acid groups (broad SMARTS) is 1. The summed E-state index contributed by atoms with van der Waals surface area (Å²) in [6.45, 7) is 1.97. The van der Waals surface area contributed by atoms with Crippen LogP contribution in [0.25, 0.3) is 11.3 Å². The van der Waals surface area contributed by atoms with Crippen LogP contribution in [0.3, 0.4) is 0 Å². The minimum Gasteiger partial charge on any atom is -0.496 e. The van der Waals surface area contributed by atoms with Crippen LogP contribution in [0, 0.1) is 6.92 Å². The first kappa shape index (κ1) is 12.2. The van der Waals surface area contributed by atoms with Crippen LogP contribution in [-0.2, 0) is 7.05 Å². The largest absolute Gasteiger partial charge is 0.496 e. The molecule has 18 heavy (non-hydrogen) atoms. The zero-order valence-corrected chi connectivity index (χ0v) is 10.5. The van der Waals surface area contributed by atoms with Crippen LogP contribution < -0.4 is 4.74 Å². The van der Waals surface area contributed by atoms with Crippen molar-refractivity contribution in [1.29, 1.82) is 0 Å². The van der Waals surface area contributed by atoms with Gasteiger partial charge in [-0.25, -0.2) is 4.79 Å². The molecule has 0 bridgehead atoms. The van der Waals surface area contributed by atoms with Crippen LogP contribution in [-0.4, -0.2) is 28.0 Å². The normalized spacial score (nSPS) is 10.4. The monoisotopic (exact) mass is 246 g/mol. The molecule has 0 aliphatic carbocycles. The molecular weight excluding hydrogens is 232 g/mol. The van der Waals surface area contributed by atoms with Crippen molar-refractivity contribution in [2.45, 2.75) is 6.92 Å². The number of aromatic carboxylic acids is 1. The Hall–Kier alpha value is -2.30. The van der Waals surface area contributed by atoms with Gasteiger partial charge < -0.3 is 9.84 Å². The minimum atomic E-state index is -1.04. The van der Waals surface area contributed by atoms with Crippen LogP contribution in [0.1, 0.15) is 16.1 Å². The molecule has 5 heteroatoms. The number of benzene rings is 1. The maximum absolute atomic E-state index is 10.9. The molecular formula is C13H14N2O3. The highest BCUT2D eigenvalue weighted by Crippen LogP contribution is 2.30. The van der Waals surface area contributed by atoms with Gasteiger partial charge in [-0.3, -0.25) is 4.68 Å². The van der Waals surface area contributed by atoms with E-state index in [1.807, 2.05) is 25.1 Å². The Labute approximate surface area is 105 Å². The summed E-state index contributed by atoms with van der Waals surface area (Å²) in [4.78, 5) is 10.9. The molecule has 1 aromatic heterocycles. The number of methoxy groups -OCH3 is 1. The first-order chi connectivity index (χ1) is 8.52. The van der Waals surface area contributed by atoms with E-state index in [2.05, 4.69) is 5.10 Å². The van der Waals surface area contributed by atoms with E-state index in [0.29, 0.717) is 11.4 Å². The first-order valence-electron chi connectivity index (χ1n) is 5.45. The Morgan fingerprint density at radius 2 is 2.11 bits per heavy atom. The van der Waals surface area contributed by atoms with E-state index < -0.39 is 5.97 Å². The number of aryl methyl sites for hydroxylation is 2. The summed E-state index contributed by atoms with van der Waals surface area (Å²) in [6.07, 6.45) is 0. The second-order valence-electron chi connectivity index (χ2n) is 4.05. The molecule has 5 nitrogen and oxygen atoms in total. The van der Waals surface area contributed by atoms with Gasteiger partial charge in [0.05, 0.1) is 12.8 Å². The van der Waals surface area contributed by atoms with E-state index in [4.69, 9.17) is 9.84 Å². The van der Waals surface area contributed by atoms with E-state index in [1.165, 1.54) is 0 Å². The molecule has 1 N–H and O–H groups in total. The highest BCUT2D eigenvalue weighted by Gasteiger charge is 2.15. The van der Waals surface area contributed by atoms with E-state index in [0.717, 1.165) is 11.1 Å². The SMILES string of the molecule is COc1ccc(C)cc1-c1cc(C(=O)O)nn1C. The predicted molar refractivity (Wildman–Crippen MR) is 66.9 cm³/mol. The highest BCUT2D eigenvalue weighted by atomic mass is 16.5. The summed E-state index contributed by atoms with van der Waals surface area (Å²) in [5, 5.41) is 12.9. The number of nitrogens with zero attached hydrogens (tertiary/aromatic N) is 2. The number of rotatable bonds is 3. The van der Waals surface area contributed by atoms with Crippen LogP contribution in [0.15, 0.2) is 24.3 Å². The Morgan fingerprint density at radius 1 is 1.39 bits per heavy atom. The standard InChI is InChI=1S/C13H14N2O3/c1-8-4-5-12(18-3)9(6-8)11-7-10(13(16)17)14-15(11)2/h4-7H,1-3H3,(H,16,17). The van der Waals surface area contributed by atoms with E-state index in [1.54, 1.807) is 24.9 Å². The molecule has 0 saturated carbocycles. The van der Waals surface area contributed by atoms with Crippen molar-refractivity contribution in [1.82, 2.24) is 9.78 Å². The average Bonchev–Trinajstić information content (AvgIpc) is 2.71. The Bertz CT molecular complexity index is 602. The molecule has 0 aliphatic rings. The molecule has 2 rings (SSSR count). The molecule has 0 aliphatic heterocycles. The zero-order chi connectivity index (χ0) is 13.3. The smallest absolute Gasteiger partial charge is 0.356 e. The Kier molecular flexibility index (Phi) is 3.06. The van der Waals surface area contributed by atoms with Gasteiger partial charge >= 0.3 is 5.97 Å². The lowest BCUT2D eigenvalue weighted by atomic mass is 10.1. The van der Waals surface area contributed by atoms with Gasteiger partial charge in [0.1, 0.15) is 5.75 Å². The number of hydrogen-bond acceptors (Lipinski definition) is 3. The second-order valence-corrected chi connectivity index (χ2v) is 4.05. The number of ether oxygens (including phenoxy) is 1. The summed E-state index contributed by atoms with van der Waals surface area (Å²) < 4.78 is 6.83. The van der Waals surface area contributed by atoms with Crippen LogP contribution >= 0.6 is 0 Å². The lowest BCUT2D eigenvalue weighted by Crippen LogP contribution is -1.99. The van der Waals surface area contributed by atoms with Crippen molar-refractivity contribution in [2.24, 2.45) is 7.05 Å².